The van der Waals surface area contributed by atoms with Crippen molar-refractivity contribution in [1.29, 1.82) is 0 Å². The van der Waals surface area contributed by atoms with Gasteiger partial charge in [0.15, 0.2) is 0 Å². The largest absolute Gasteiger partial charge is 0.479 e. The summed E-state index contributed by atoms with van der Waals surface area (Å²) in [6.45, 7) is 1.52. The molecule has 2 aromatic rings. The molecule has 3 N–H and O–H groups in total. The molecule has 8 heteroatoms. The van der Waals surface area contributed by atoms with Crippen LogP contribution in [0.2, 0.25) is 0 Å². The van der Waals surface area contributed by atoms with Crippen molar-refractivity contribution in [1.82, 2.24) is 5.32 Å². The van der Waals surface area contributed by atoms with Crippen LogP contribution in [-0.2, 0) is 20.7 Å². The lowest BCUT2D eigenvalue weighted by Gasteiger charge is -2.26. The molecule has 0 heterocycles. The molecule has 0 radical (unpaired) electrons. The highest BCUT2D eigenvalue weighted by molar-refractivity contribution is 9.10. The third-order valence-electron chi connectivity index (χ3n) is 3.72. The first-order chi connectivity index (χ1) is 11.8. The van der Waals surface area contributed by atoms with Gasteiger partial charge in [-0.3, -0.25) is 5.32 Å². The lowest BCUT2D eigenvalue weighted by molar-refractivity contribution is -0.158. The Labute approximate surface area is 151 Å². The van der Waals surface area contributed by atoms with Crippen LogP contribution in [0.4, 0.5) is 4.79 Å². The molecule has 0 aliphatic heterocycles. The van der Waals surface area contributed by atoms with Gasteiger partial charge >= 0.3 is 18.0 Å². The molecule has 0 atom stereocenters. The quantitative estimate of drug-likeness (QED) is 0.632. The van der Waals surface area contributed by atoms with Gasteiger partial charge in [-0.2, -0.15) is 0 Å². The second-order valence-corrected chi connectivity index (χ2v) is 6.09. The highest BCUT2D eigenvalue weighted by Crippen LogP contribution is 2.30. The van der Waals surface area contributed by atoms with E-state index in [9.17, 15) is 24.6 Å². The molecule has 2 aromatic carbocycles. The molecular weight excluding hydrogens is 394 g/mol. The number of carbonyl (C=O) groups excluding carboxylic acids is 1. The first-order valence-electron chi connectivity index (χ1n) is 7.39. The summed E-state index contributed by atoms with van der Waals surface area (Å²) in [4.78, 5) is 35.1. The predicted octanol–water partition coefficient (Wildman–Crippen LogP) is 2.80. The maximum absolute atomic E-state index is 11.7. The lowest BCUT2D eigenvalue weighted by atomic mass is 9.90. The number of aliphatic carboxylic acids is 2. The van der Waals surface area contributed by atoms with E-state index >= 15 is 0 Å². The predicted molar refractivity (Wildman–Crippen MR) is 93.5 cm³/mol. The fourth-order valence-electron chi connectivity index (χ4n) is 2.44. The summed E-state index contributed by atoms with van der Waals surface area (Å²) in [6.07, 6.45) is -1.56. The minimum atomic E-state index is -2.54. The van der Waals surface area contributed by atoms with Gasteiger partial charge in [-0.05, 0) is 39.2 Å². The molecule has 25 heavy (non-hydrogen) atoms. The van der Waals surface area contributed by atoms with Crippen LogP contribution in [0, 0.1) is 0 Å². The van der Waals surface area contributed by atoms with Crippen molar-refractivity contribution in [2.45, 2.75) is 18.9 Å². The topological polar surface area (TPSA) is 113 Å². The van der Waals surface area contributed by atoms with E-state index < -0.39 is 30.0 Å². The average molecular weight is 410 g/mol. The molecule has 0 bridgehead atoms. The Morgan fingerprint density at radius 1 is 1.12 bits per heavy atom. The molecule has 0 fully saturated rings. The first-order valence-corrected chi connectivity index (χ1v) is 8.19. The lowest BCUT2D eigenvalue weighted by Crippen LogP contribution is -2.61. The van der Waals surface area contributed by atoms with Crippen LogP contribution in [0.25, 0.3) is 10.8 Å². The molecule has 0 aliphatic rings. The average Bonchev–Trinajstić information content (AvgIpc) is 2.56. The first kappa shape index (κ1) is 18.7. The van der Waals surface area contributed by atoms with Gasteiger partial charge in [0, 0.05) is 10.9 Å². The Kier molecular flexibility index (Phi) is 5.63. The Morgan fingerprint density at radius 3 is 2.36 bits per heavy atom. The van der Waals surface area contributed by atoms with E-state index in [1.165, 1.54) is 6.92 Å². The highest BCUT2D eigenvalue weighted by Gasteiger charge is 2.49. The van der Waals surface area contributed by atoms with Crippen LogP contribution in [0.5, 0.6) is 0 Å². The van der Waals surface area contributed by atoms with Crippen LogP contribution in [0.3, 0.4) is 0 Å². The third kappa shape index (κ3) is 3.74. The maximum atomic E-state index is 11.7. The van der Waals surface area contributed by atoms with Crippen molar-refractivity contribution >= 4 is 44.7 Å². The van der Waals surface area contributed by atoms with E-state index in [0.29, 0.717) is 10.0 Å². The van der Waals surface area contributed by atoms with Crippen molar-refractivity contribution in [3.05, 3.63) is 46.4 Å². The third-order valence-corrected chi connectivity index (χ3v) is 4.66. The van der Waals surface area contributed by atoms with E-state index in [-0.39, 0.29) is 6.61 Å². The van der Waals surface area contributed by atoms with Crippen LogP contribution in [-0.4, -0.2) is 40.4 Å². The minimum absolute atomic E-state index is 0.0131. The monoisotopic (exact) mass is 409 g/mol. The number of hydrogen-bond donors (Lipinski definition) is 3. The fraction of sp³-hybridized carbons (Fsp3) is 0.235. The number of benzene rings is 2. The van der Waals surface area contributed by atoms with Crippen molar-refractivity contribution in [3.63, 3.8) is 0 Å². The normalized spacial score (nSPS) is 11.1. The summed E-state index contributed by atoms with van der Waals surface area (Å²) in [5.41, 5.74) is -2.11. The molecule has 0 spiro atoms. The second kappa shape index (κ2) is 7.52. The second-order valence-electron chi connectivity index (χ2n) is 5.30. The van der Waals surface area contributed by atoms with Crippen molar-refractivity contribution in [2.24, 2.45) is 0 Å². The van der Waals surface area contributed by atoms with E-state index in [0.717, 1.165) is 10.8 Å². The molecule has 0 unspecified atom stereocenters. The van der Waals surface area contributed by atoms with E-state index in [1.54, 1.807) is 12.1 Å². The Bertz CT molecular complexity index is 821. The Morgan fingerprint density at radius 2 is 1.76 bits per heavy atom. The van der Waals surface area contributed by atoms with Crippen molar-refractivity contribution in [2.75, 3.05) is 6.61 Å². The van der Waals surface area contributed by atoms with Gasteiger partial charge in [-0.25, -0.2) is 14.4 Å². The summed E-state index contributed by atoms with van der Waals surface area (Å²) in [7, 11) is 0. The number of carbonyl (C=O) groups is 3. The molecular formula is C17H16BrNO6. The number of rotatable bonds is 6. The van der Waals surface area contributed by atoms with Crippen LogP contribution < -0.4 is 5.32 Å². The molecule has 0 saturated heterocycles. The molecule has 7 nitrogen and oxygen atoms in total. The number of nitrogens with one attached hydrogen (secondary N) is 1. The number of alkyl carbamates (subject to hydrolysis) is 1. The van der Waals surface area contributed by atoms with Crippen LogP contribution in [0.15, 0.2) is 40.9 Å². The van der Waals surface area contributed by atoms with Crippen molar-refractivity contribution < 1.29 is 29.3 Å². The van der Waals surface area contributed by atoms with Gasteiger partial charge in [0.05, 0.1) is 6.61 Å². The molecule has 0 aliphatic carbocycles. The van der Waals surface area contributed by atoms with Gasteiger partial charge in [-0.1, -0.05) is 36.4 Å². The highest BCUT2D eigenvalue weighted by atomic mass is 79.9. The van der Waals surface area contributed by atoms with E-state index in [4.69, 9.17) is 0 Å². The van der Waals surface area contributed by atoms with Gasteiger partial charge in [0.25, 0.3) is 0 Å². The van der Waals surface area contributed by atoms with Gasteiger partial charge in [-0.15, -0.1) is 0 Å². The zero-order chi connectivity index (χ0) is 18.6. The molecule has 132 valence electrons. The maximum Gasteiger partial charge on any atom is 0.408 e. The van der Waals surface area contributed by atoms with Gasteiger partial charge < -0.3 is 14.9 Å². The zero-order valence-electron chi connectivity index (χ0n) is 13.3. The summed E-state index contributed by atoms with van der Waals surface area (Å²) in [5.74, 6) is -3.37. The minimum Gasteiger partial charge on any atom is -0.479 e. The smallest absolute Gasteiger partial charge is 0.408 e. The number of amides is 1. The number of ether oxygens (including phenoxy) is 1. The molecule has 2 rings (SSSR count). The van der Waals surface area contributed by atoms with E-state index in [2.05, 4.69) is 20.7 Å². The number of hydrogen-bond acceptors (Lipinski definition) is 4. The Hall–Kier alpha value is -2.61. The summed E-state index contributed by atoms with van der Waals surface area (Å²) in [6, 6.07) is 10.8. The molecule has 0 aromatic heterocycles. The number of halogens is 1. The summed E-state index contributed by atoms with van der Waals surface area (Å²) < 4.78 is 5.22. The molecule has 1 amide bonds. The van der Waals surface area contributed by atoms with Gasteiger partial charge in [0.2, 0.25) is 5.54 Å². The van der Waals surface area contributed by atoms with Crippen molar-refractivity contribution in [3.8, 4) is 0 Å². The number of fused-ring (bicyclic) bond motifs is 1. The Balaban J connectivity index is 2.49. The summed E-state index contributed by atoms with van der Waals surface area (Å²) >= 11 is 3.40. The SMILES string of the molecule is CCOC(=O)NC(Cc1ccc2ccccc2c1Br)(C(=O)O)C(=O)O. The molecule has 0 saturated carbocycles. The standard InChI is InChI=1S/C17H16BrNO6/c1-2-25-16(24)19-17(14(20)21,15(22)23)9-11-8-7-10-5-3-4-6-12(10)13(11)18/h3-8H,2,9H2,1H3,(H,19,24)(H,20,21)(H,22,23). The zero-order valence-corrected chi connectivity index (χ0v) is 14.9. The fourth-order valence-corrected chi connectivity index (χ4v) is 3.07. The summed E-state index contributed by atoms with van der Waals surface area (Å²) in [5, 5.41) is 22.7. The number of carboxylic acid groups (broad SMARTS) is 2. The van der Waals surface area contributed by atoms with Crippen LogP contribution in [0.1, 0.15) is 12.5 Å². The number of carboxylic acids is 2. The van der Waals surface area contributed by atoms with Crippen LogP contribution >= 0.6 is 15.9 Å². The van der Waals surface area contributed by atoms with E-state index in [1.807, 2.05) is 29.6 Å². The van der Waals surface area contributed by atoms with Gasteiger partial charge in [0.1, 0.15) is 0 Å².